The fourth-order valence-electron chi connectivity index (χ4n) is 5.14. The number of allylic oxidation sites excluding steroid dienone is 8. The van der Waals surface area contributed by atoms with Gasteiger partial charge in [0.2, 0.25) is 0 Å². The summed E-state index contributed by atoms with van der Waals surface area (Å²) < 4.78 is 0. The summed E-state index contributed by atoms with van der Waals surface area (Å²) in [4.78, 5) is 17.3. The quantitative estimate of drug-likeness (QED) is 0.120. The standard InChI is InChI=1S/C41H40N4/c1-7-13-33(26-42-5)39-21-36(30(9-3)28-44-10-4)20-37(22-39)31-15-11-16-32(19-31)38-23-40(34(14-8-2)27-43-6)25-41(24-38)35-17-12-18-45-29-35/h7-9,11-29H,2,5,10H2,1,3-4,6H3/b13-7-,30-9+,33-26+,34-14+,43-27?,44-28?. The van der Waals surface area contributed by atoms with E-state index in [1.165, 1.54) is 0 Å². The van der Waals surface area contributed by atoms with Gasteiger partial charge in [0.05, 0.1) is 0 Å². The van der Waals surface area contributed by atoms with Crippen molar-refractivity contribution in [1.82, 2.24) is 4.98 Å². The smallest absolute Gasteiger partial charge is 0.0361 e. The van der Waals surface area contributed by atoms with E-state index in [0.29, 0.717) is 0 Å². The molecule has 0 fully saturated rings. The molecule has 0 aliphatic rings. The Morgan fingerprint density at radius 1 is 0.756 bits per heavy atom. The number of aliphatic imine (C=N–C) groups is 3. The predicted molar refractivity (Wildman–Crippen MR) is 198 cm³/mol. The first kappa shape index (κ1) is 32.4. The third-order valence-corrected chi connectivity index (χ3v) is 7.26. The lowest BCUT2D eigenvalue weighted by atomic mass is 9.90. The lowest BCUT2D eigenvalue weighted by molar-refractivity contribution is 1.14. The van der Waals surface area contributed by atoms with Gasteiger partial charge < -0.3 is 0 Å². The predicted octanol–water partition coefficient (Wildman–Crippen LogP) is 10.5. The van der Waals surface area contributed by atoms with Crippen LogP contribution in [0.3, 0.4) is 0 Å². The molecule has 0 saturated heterocycles. The molecular weight excluding hydrogens is 548 g/mol. The van der Waals surface area contributed by atoms with Crippen LogP contribution in [0.15, 0.2) is 143 Å². The number of pyridine rings is 1. The molecule has 0 aliphatic heterocycles. The van der Waals surface area contributed by atoms with E-state index in [1.54, 1.807) is 25.5 Å². The molecule has 3 aromatic carbocycles. The molecule has 0 amide bonds. The Morgan fingerprint density at radius 3 is 1.96 bits per heavy atom. The number of hydrogen-bond donors (Lipinski definition) is 0. The van der Waals surface area contributed by atoms with Crippen molar-refractivity contribution in [2.45, 2.75) is 20.8 Å². The van der Waals surface area contributed by atoms with Crippen LogP contribution >= 0.6 is 0 Å². The van der Waals surface area contributed by atoms with E-state index in [2.05, 4.69) is 112 Å². The van der Waals surface area contributed by atoms with Crippen LogP contribution in [-0.4, -0.2) is 37.7 Å². The third-order valence-electron chi connectivity index (χ3n) is 7.26. The zero-order valence-electron chi connectivity index (χ0n) is 26.6. The van der Waals surface area contributed by atoms with Crippen LogP contribution < -0.4 is 0 Å². The van der Waals surface area contributed by atoms with Crippen molar-refractivity contribution in [3.05, 3.63) is 145 Å². The van der Waals surface area contributed by atoms with E-state index >= 15 is 0 Å². The molecule has 0 N–H and O–H groups in total. The zero-order valence-corrected chi connectivity index (χ0v) is 26.6. The molecule has 0 saturated carbocycles. The van der Waals surface area contributed by atoms with Crippen molar-refractivity contribution in [1.29, 1.82) is 0 Å². The van der Waals surface area contributed by atoms with E-state index < -0.39 is 0 Å². The Kier molecular flexibility index (Phi) is 11.8. The van der Waals surface area contributed by atoms with Gasteiger partial charge in [0, 0.05) is 50.2 Å². The number of hydrogen-bond acceptors (Lipinski definition) is 4. The molecular formula is C41H40N4. The normalized spacial score (nSPS) is 12.8. The maximum Gasteiger partial charge on any atom is 0.0361 e. The van der Waals surface area contributed by atoms with Crippen molar-refractivity contribution >= 4 is 35.9 Å². The van der Waals surface area contributed by atoms with Crippen molar-refractivity contribution in [3.63, 3.8) is 0 Å². The second-order valence-electron chi connectivity index (χ2n) is 10.3. The zero-order chi connectivity index (χ0) is 32.0. The lowest BCUT2D eigenvalue weighted by Gasteiger charge is -2.14. The van der Waals surface area contributed by atoms with Crippen LogP contribution in [0.4, 0.5) is 0 Å². The van der Waals surface area contributed by atoms with Crippen molar-refractivity contribution in [3.8, 4) is 33.4 Å². The average molecular weight is 589 g/mol. The van der Waals surface area contributed by atoms with Gasteiger partial charge in [-0.2, -0.15) is 0 Å². The molecule has 45 heavy (non-hydrogen) atoms. The maximum atomic E-state index is 4.53. The molecule has 0 spiro atoms. The lowest BCUT2D eigenvalue weighted by Crippen LogP contribution is -1.93. The molecule has 0 atom stereocenters. The molecule has 4 heteroatoms. The largest absolute Gasteiger partial charge is 0.296 e. The number of nitrogens with zero attached hydrogens (tertiary/aromatic N) is 4. The fourth-order valence-corrected chi connectivity index (χ4v) is 5.14. The van der Waals surface area contributed by atoms with Gasteiger partial charge in [0.1, 0.15) is 0 Å². The van der Waals surface area contributed by atoms with Crippen molar-refractivity contribution in [2.24, 2.45) is 15.0 Å². The highest BCUT2D eigenvalue weighted by atomic mass is 14.7. The van der Waals surface area contributed by atoms with Gasteiger partial charge >= 0.3 is 0 Å². The molecule has 4 rings (SSSR count). The molecule has 0 aliphatic carbocycles. The Bertz CT molecular complexity index is 1830. The van der Waals surface area contributed by atoms with E-state index in [0.717, 1.165) is 73.3 Å². The number of aromatic nitrogens is 1. The second kappa shape index (κ2) is 16.4. The van der Waals surface area contributed by atoms with E-state index in [1.807, 2.05) is 57.6 Å². The first-order chi connectivity index (χ1) is 22.0. The van der Waals surface area contributed by atoms with Gasteiger partial charge in [-0.25, -0.2) is 0 Å². The molecule has 4 nitrogen and oxygen atoms in total. The SMILES string of the molecule is C=C/C=C(\C=NC)c1cc(-c2cccnc2)cc(-c2cccc(-c3cc(/C(C=NCC)=C/C)cc(C(/C=C\C)=C/N=C)c3)c2)c1. The minimum absolute atomic E-state index is 0.726. The molecule has 0 radical (unpaired) electrons. The third kappa shape index (κ3) is 8.33. The monoisotopic (exact) mass is 588 g/mol. The summed E-state index contributed by atoms with van der Waals surface area (Å²) in [5.74, 6) is 0. The Morgan fingerprint density at radius 2 is 1.38 bits per heavy atom. The van der Waals surface area contributed by atoms with Gasteiger partial charge in [0.15, 0.2) is 0 Å². The topological polar surface area (TPSA) is 50.0 Å². The summed E-state index contributed by atoms with van der Waals surface area (Å²) in [6.07, 6.45) is 19.3. The van der Waals surface area contributed by atoms with Gasteiger partial charge in [-0.3, -0.25) is 20.0 Å². The molecule has 1 aromatic heterocycles. The summed E-state index contributed by atoms with van der Waals surface area (Å²) in [6, 6.07) is 26.0. The van der Waals surface area contributed by atoms with E-state index in [-0.39, 0.29) is 0 Å². The van der Waals surface area contributed by atoms with E-state index in [4.69, 9.17) is 0 Å². The molecule has 4 aromatic rings. The van der Waals surface area contributed by atoms with Crippen LogP contribution in [-0.2, 0) is 0 Å². The maximum absolute atomic E-state index is 4.53. The summed E-state index contributed by atoms with van der Waals surface area (Å²) in [5.41, 5.74) is 12.8. The minimum atomic E-state index is 0.726. The van der Waals surface area contributed by atoms with Gasteiger partial charge in [0.25, 0.3) is 0 Å². The average Bonchev–Trinajstić information content (AvgIpc) is 3.08. The van der Waals surface area contributed by atoms with Crippen LogP contribution in [0.1, 0.15) is 37.5 Å². The van der Waals surface area contributed by atoms with Gasteiger partial charge in [-0.05, 0) is 137 Å². The fraction of sp³-hybridized carbons (Fsp3) is 0.122. The number of rotatable bonds is 12. The summed E-state index contributed by atoms with van der Waals surface area (Å²) in [7, 11) is 1.78. The highest BCUT2D eigenvalue weighted by molar-refractivity contribution is 6.11. The van der Waals surface area contributed by atoms with Crippen LogP contribution in [0.25, 0.3) is 50.1 Å². The first-order valence-corrected chi connectivity index (χ1v) is 15.1. The summed E-state index contributed by atoms with van der Waals surface area (Å²) >= 11 is 0. The van der Waals surface area contributed by atoms with Gasteiger partial charge in [-0.15, -0.1) is 0 Å². The minimum Gasteiger partial charge on any atom is -0.296 e. The van der Waals surface area contributed by atoms with Gasteiger partial charge in [-0.1, -0.05) is 61.2 Å². The molecule has 0 unspecified atom stereocenters. The molecule has 0 bridgehead atoms. The van der Waals surface area contributed by atoms with Crippen LogP contribution in [0.5, 0.6) is 0 Å². The second-order valence-corrected chi connectivity index (χ2v) is 10.3. The van der Waals surface area contributed by atoms with Crippen LogP contribution in [0, 0.1) is 0 Å². The molecule has 224 valence electrons. The Hall–Kier alpha value is -5.48. The Labute approximate surface area is 268 Å². The highest BCUT2D eigenvalue weighted by Gasteiger charge is 2.12. The number of benzene rings is 3. The molecule has 1 heterocycles. The highest BCUT2D eigenvalue weighted by Crippen LogP contribution is 2.35. The summed E-state index contributed by atoms with van der Waals surface area (Å²) in [6.45, 7) is 14.4. The van der Waals surface area contributed by atoms with Crippen LogP contribution in [0.2, 0.25) is 0 Å². The van der Waals surface area contributed by atoms with Crippen molar-refractivity contribution < 1.29 is 0 Å². The van der Waals surface area contributed by atoms with E-state index in [9.17, 15) is 0 Å². The Balaban J connectivity index is 1.94. The summed E-state index contributed by atoms with van der Waals surface area (Å²) in [5, 5.41) is 0. The first-order valence-electron chi connectivity index (χ1n) is 15.1. The van der Waals surface area contributed by atoms with Crippen molar-refractivity contribution in [2.75, 3.05) is 13.6 Å².